The van der Waals surface area contributed by atoms with Crippen LogP contribution in [0.15, 0.2) is 36.4 Å². The minimum atomic E-state index is -0.651. The Labute approximate surface area is 166 Å². The van der Waals surface area contributed by atoms with E-state index in [1.165, 1.54) is 56.4 Å². The molecule has 0 aromatic heterocycles. The second kappa shape index (κ2) is 9.40. The first-order valence-corrected chi connectivity index (χ1v) is 10.5. The predicted molar refractivity (Wildman–Crippen MR) is 108 cm³/mol. The highest BCUT2D eigenvalue weighted by Crippen LogP contribution is 2.44. The van der Waals surface area contributed by atoms with Crippen LogP contribution in [0, 0.1) is 11.6 Å². The molecule has 1 fully saturated rings. The summed E-state index contributed by atoms with van der Waals surface area (Å²) in [6.45, 7) is 0. The molecule has 3 rings (SSSR count). The average Bonchev–Trinajstić information content (AvgIpc) is 2.67. The van der Waals surface area contributed by atoms with Gasteiger partial charge in [0.2, 0.25) is 0 Å². The number of aromatic hydroxyl groups is 2. The molecule has 0 saturated heterocycles. The summed E-state index contributed by atoms with van der Waals surface area (Å²) in [5.74, 6) is -2.04. The summed E-state index contributed by atoms with van der Waals surface area (Å²) < 4.78 is 28.5. The molecule has 28 heavy (non-hydrogen) atoms. The second-order valence-electron chi connectivity index (χ2n) is 8.10. The number of halogens is 2. The minimum absolute atomic E-state index is 0.371. The van der Waals surface area contributed by atoms with Crippen molar-refractivity contribution in [1.82, 2.24) is 0 Å². The van der Waals surface area contributed by atoms with Crippen LogP contribution >= 0.6 is 0 Å². The van der Waals surface area contributed by atoms with E-state index >= 15 is 0 Å². The summed E-state index contributed by atoms with van der Waals surface area (Å²) in [5.41, 5.74) is 1.01. The van der Waals surface area contributed by atoms with E-state index in [0.29, 0.717) is 0 Å². The summed E-state index contributed by atoms with van der Waals surface area (Å²) in [7, 11) is 0. The molecule has 2 N–H and O–H groups in total. The Bertz CT molecular complexity index is 723. The number of rotatable bonds is 2. The highest BCUT2D eigenvalue weighted by atomic mass is 19.1. The van der Waals surface area contributed by atoms with Crippen molar-refractivity contribution in [3.05, 3.63) is 59.2 Å². The Morgan fingerprint density at radius 1 is 0.571 bits per heavy atom. The molecule has 0 radical (unpaired) electrons. The SMILES string of the molecule is Oc1ccc(C2(c3ccc(O)c(F)c3)CCCCCCCCCCC2)cc1F. The molecule has 4 heteroatoms. The summed E-state index contributed by atoms with van der Waals surface area (Å²) >= 11 is 0. The molecule has 0 amide bonds. The maximum atomic E-state index is 14.2. The maximum Gasteiger partial charge on any atom is 0.165 e. The lowest BCUT2D eigenvalue weighted by Crippen LogP contribution is -2.28. The summed E-state index contributed by atoms with van der Waals surface area (Å²) in [4.78, 5) is 0. The highest BCUT2D eigenvalue weighted by molar-refractivity contribution is 5.44. The zero-order valence-electron chi connectivity index (χ0n) is 16.4. The van der Waals surface area contributed by atoms with E-state index < -0.39 is 17.0 Å². The number of phenolic OH excluding ortho intramolecular Hbond substituents is 2. The van der Waals surface area contributed by atoms with Gasteiger partial charge in [0.25, 0.3) is 0 Å². The van der Waals surface area contributed by atoms with E-state index in [1.807, 2.05) is 0 Å². The van der Waals surface area contributed by atoms with Gasteiger partial charge in [0.1, 0.15) is 0 Å². The van der Waals surface area contributed by atoms with Crippen LogP contribution in [0.2, 0.25) is 0 Å². The van der Waals surface area contributed by atoms with E-state index in [0.717, 1.165) is 49.7 Å². The van der Waals surface area contributed by atoms with E-state index in [9.17, 15) is 19.0 Å². The van der Waals surface area contributed by atoms with Crippen LogP contribution in [0.5, 0.6) is 11.5 Å². The van der Waals surface area contributed by atoms with Crippen LogP contribution in [0.25, 0.3) is 0 Å². The summed E-state index contributed by atoms with van der Waals surface area (Å²) in [6, 6.07) is 9.08. The van der Waals surface area contributed by atoms with Crippen LogP contribution in [-0.2, 0) is 5.41 Å². The molecule has 0 bridgehead atoms. The molecule has 152 valence electrons. The van der Waals surface area contributed by atoms with E-state index in [1.54, 1.807) is 12.1 Å². The minimum Gasteiger partial charge on any atom is -0.505 e. The van der Waals surface area contributed by atoms with Crippen LogP contribution < -0.4 is 0 Å². The molecular formula is C24H30F2O2. The first-order chi connectivity index (χ1) is 13.5. The first-order valence-electron chi connectivity index (χ1n) is 10.5. The molecule has 2 aromatic rings. The summed E-state index contributed by atoms with van der Waals surface area (Å²) in [5, 5.41) is 19.3. The quantitative estimate of drug-likeness (QED) is 0.583. The van der Waals surface area contributed by atoms with E-state index in [2.05, 4.69) is 0 Å². The van der Waals surface area contributed by atoms with Gasteiger partial charge in [-0.3, -0.25) is 0 Å². The largest absolute Gasteiger partial charge is 0.505 e. The number of phenols is 2. The fourth-order valence-electron chi connectivity index (χ4n) is 4.57. The lowest BCUT2D eigenvalue weighted by atomic mass is 9.67. The fourth-order valence-corrected chi connectivity index (χ4v) is 4.57. The van der Waals surface area contributed by atoms with Gasteiger partial charge in [0.15, 0.2) is 23.1 Å². The molecular weight excluding hydrogens is 358 g/mol. The van der Waals surface area contributed by atoms with Crippen molar-refractivity contribution in [2.24, 2.45) is 0 Å². The molecule has 0 aliphatic heterocycles. The number of benzene rings is 2. The Morgan fingerprint density at radius 3 is 1.29 bits per heavy atom. The third-order valence-corrected chi connectivity index (χ3v) is 6.21. The normalized spacial score (nSPS) is 18.8. The third kappa shape index (κ3) is 4.65. The van der Waals surface area contributed by atoms with Gasteiger partial charge in [-0.05, 0) is 48.2 Å². The van der Waals surface area contributed by atoms with Gasteiger partial charge in [-0.2, -0.15) is 0 Å². The Balaban J connectivity index is 2.06. The van der Waals surface area contributed by atoms with Crippen LogP contribution in [-0.4, -0.2) is 10.2 Å². The van der Waals surface area contributed by atoms with Gasteiger partial charge in [0.05, 0.1) is 0 Å². The monoisotopic (exact) mass is 388 g/mol. The molecule has 2 aromatic carbocycles. The van der Waals surface area contributed by atoms with E-state index in [-0.39, 0.29) is 11.5 Å². The van der Waals surface area contributed by atoms with Gasteiger partial charge in [0, 0.05) is 5.41 Å². The Hall–Kier alpha value is -2.10. The van der Waals surface area contributed by atoms with Gasteiger partial charge in [-0.15, -0.1) is 0 Å². The van der Waals surface area contributed by atoms with Crippen molar-refractivity contribution in [2.45, 2.75) is 76.0 Å². The average molecular weight is 388 g/mol. The predicted octanol–water partition coefficient (Wildman–Crippen LogP) is 6.97. The zero-order chi connectivity index (χ0) is 20.0. The van der Waals surface area contributed by atoms with E-state index in [4.69, 9.17) is 0 Å². The molecule has 1 aliphatic rings. The fraction of sp³-hybridized carbons (Fsp3) is 0.500. The van der Waals surface area contributed by atoms with Gasteiger partial charge in [-0.1, -0.05) is 69.9 Å². The third-order valence-electron chi connectivity index (χ3n) is 6.21. The standard InChI is InChI=1S/C24H30F2O2/c25-20-16-18(10-12-22(20)27)24(19-11-13-23(28)21(26)17-19)14-8-6-4-2-1-3-5-7-9-15-24/h10-13,16-17,27-28H,1-9,14-15H2. The number of hydrogen-bond donors (Lipinski definition) is 2. The van der Waals surface area contributed by atoms with Crippen LogP contribution in [0.3, 0.4) is 0 Å². The molecule has 1 aliphatic carbocycles. The van der Waals surface area contributed by atoms with Crippen LogP contribution in [0.4, 0.5) is 8.78 Å². The van der Waals surface area contributed by atoms with Gasteiger partial charge in [-0.25, -0.2) is 8.78 Å². The summed E-state index contributed by atoms with van der Waals surface area (Å²) in [6.07, 6.45) is 11.9. The zero-order valence-corrected chi connectivity index (χ0v) is 16.4. The van der Waals surface area contributed by atoms with Crippen LogP contribution in [0.1, 0.15) is 81.8 Å². The van der Waals surface area contributed by atoms with Crippen molar-refractivity contribution in [3.63, 3.8) is 0 Å². The van der Waals surface area contributed by atoms with Crippen molar-refractivity contribution in [3.8, 4) is 11.5 Å². The lowest BCUT2D eigenvalue weighted by molar-refractivity contribution is 0.374. The number of hydrogen-bond acceptors (Lipinski definition) is 2. The Kier molecular flexibility index (Phi) is 6.93. The second-order valence-corrected chi connectivity index (χ2v) is 8.10. The van der Waals surface area contributed by atoms with Crippen molar-refractivity contribution < 1.29 is 19.0 Å². The maximum absolute atomic E-state index is 14.2. The molecule has 0 spiro atoms. The molecule has 0 unspecified atom stereocenters. The molecule has 0 heterocycles. The van der Waals surface area contributed by atoms with Gasteiger partial charge >= 0.3 is 0 Å². The van der Waals surface area contributed by atoms with Crippen molar-refractivity contribution in [2.75, 3.05) is 0 Å². The van der Waals surface area contributed by atoms with Crippen molar-refractivity contribution >= 4 is 0 Å². The molecule has 0 atom stereocenters. The highest BCUT2D eigenvalue weighted by Gasteiger charge is 2.34. The smallest absolute Gasteiger partial charge is 0.165 e. The lowest BCUT2D eigenvalue weighted by Gasteiger charge is -2.36. The molecule has 2 nitrogen and oxygen atoms in total. The Morgan fingerprint density at radius 2 is 0.929 bits per heavy atom. The topological polar surface area (TPSA) is 40.5 Å². The first kappa shape index (κ1) is 20.6. The van der Waals surface area contributed by atoms with Crippen molar-refractivity contribution in [1.29, 1.82) is 0 Å². The van der Waals surface area contributed by atoms with Gasteiger partial charge < -0.3 is 10.2 Å². The molecule has 1 saturated carbocycles.